The fourth-order valence-corrected chi connectivity index (χ4v) is 2.93. The van der Waals surface area contributed by atoms with Gasteiger partial charge in [0.15, 0.2) is 0 Å². The third kappa shape index (κ3) is 6.30. The van der Waals surface area contributed by atoms with Gasteiger partial charge < -0.3 is 15.3 Å². The Morgan fingerprint density at radius 3 is 2.67 bits per heavy atom. The van der Waals surface area contributed by atoms with Gasteiger partial charge in [-0.15, -0.1) is 0 Å². The number of nitrogens with zero attached hydrogens (tertiary/aromatic N) is 1. The molecule has 1 heterocycles. The first-order chi connectivity index (χ1) is 9.85. The Morgan fingerprint density at radius 2 is 2.05 bits per heavy atom. The molecule has 9 heteroatoms. The lowest BCUT2D eigenvalue weighted by Crippen LogP contribution is -2.49. The van der Waals surface area contributed by atoms with Crippen molar-refractivity contribution < 1.29 is 23.1 Å². The van der Waals surface area contributed by atoms with E-state index in [1.807, 2.05) is 0 Å². The molecule has 8 nitrogen and oxygen atoms in total. The number of urea groups is 1. The van der Waals surface area contributed by atoms with Gasteiger partial charge in [0, 0.05) is 25.6 Å². The zero-order valence-corrected chi connectivity index (χ0v) is 13.0. The van der Waals surface area contributed by atoms with Crippen LogP contribution in [0.5, 0.6) is 0 Å². The molecule has 1 aliphatic rings. The number of likely N-dealkylation sites (tertiary alicyclic amines) is 1. The van der Waals surface area contributed by atoms with Gasteiger partial charge >= 0.3 is 12.0 Å². The predicted molar refractivity (Wildman–Crippen MR) is 77.5 cm³/mol. The fraction of sp³-hybridized carbons (Fsp3) is 0.833. The Balaban J connectivity index is 2.47. The molecule has 0 radical (unpaired) electrons. The zero-order valence-electron chi connectivity index (χ0n) is 12.2. The first kappa shape index (κ1) is 17.7. The van der Waals surface area contributed by atoms with Crippen LogP contribution in [0.2, 0.25) is 0 Å². The van der Waals surface area contributed by atoms with Crippen molar-refractivity contribution in [2.75, 3.05) is 25.9 Å². The molecule has 1 atom stereocenters. The van der Waals surface area contributed by atoms with Crippen molar-refractivity contribution in [3.63, 3.8) is 0 Å². The van der Waals surface area contributed by atoms with Gasteiger partial charge in [-0.1, -0.05) is 0 Å². The number of carbonyl (C=O) groups is 2. The summed E-state index contributed by atoms with van der Waals surface area (Å²) < 4.78 is 24.7. The number of hydrogen-bond acceptors (Lipinski definition) is 4. The summed E-state index contributed by atoms with van der Waals surface area (Å²) in [7, 11) is -2.02. The quantitative estimate of drug-likeness (QED) is 0.609. The van der Waals surface area contributed by atoms with Crippen molar-refractivity contribution in [3.05, 3.63) is 0 Å². The molecular weight excluding hydrogens is 298 g/mol. The molecule has 21 heavy (non-hydrogen) atoms. The number of carboxylic acids is 1. The lowest BCUT2D eigenvalue weighted by Gasteiger charge is -2.35. The minimum atomic E-state index is -3.34. The van der Waals surface area contributed by atoms with Gasteiger partial charge in [0.1, 0.15) is 0 Å². The van der Waals surface area contributed by atoms with Crippen LogP contribution in [0.4, 0.5) is 4.79 Å². The zero-order chi connectivity index (χ0) is 15.9. The molecule has 1 aliphatic heterocycles. The highest BCUT2D eigenvalue weighted by molar-refractivity contribution is 7.89. The number of rotatable bonds is 7. The van der Waals surface area contributed by atoms with Crippen LogP contribution in [0.25, 0.3) is 0 Å². The molecule has 1 saturated heterocycles. The van der Waals surface area contributed by atoms with Crippen LogP contribution in [-0.2, 0) is 14.8 Å². The molecule has 0 aromatic heterocycles. The number of nitrogens with one attached hydrogen (secondary N) is 2. The number of sulfonamides is 1. The molecular formula is C12H23N3O5S. The summed E-state index contributed by atoms with van der Waals surface area (Å²) in [4.78, 5) is 24.3. The van der Waals surface area contributed by atoms with Crippen molar-refractivity contribution in [1.29, 1.82) is 0 Å². The average Bonchev–Trinajstić information content (AvgIpc) is 2.45. The average molecular weight is 321 g/mol. The Kier molecular flexibility index (Phi) is 6.90. The van der Waals surface area contributed by atoms with Gasteiger partial charge in [0.05, 0.1) is 5.75 Å². The summed E-state index contributed by atoms with van der Waals surface area (Å²) in [5, 5.41) is 11.3. The van der Waals surface area contributed by atoms with Crippen LogP contribution in [0, 0.1) is 0 Å². The Bertz CT molecular complexity index is 466. The van der Waals surface area contributed by atoms with Crippen LogP contribution in [0.15, 0.2) is 0 Å². The van der Waals surface area contributed by atoms with E-state index in [9.17, 15) is 18.0 Å². The van der Waals surface area contributed by atoms with E-state index < -0.39 is 16.0 Å². The number of carboxylic acid groups (broad SMARTS) is 1. The molecule has 3 N–H and O–H groups in total. The Labute approximate surface area is 124 Å². The molecule has 0 bridgehead atoms. The number of piperidine rings is 1. The third-order valence-corrected chi connectivity index (χ3v) is 4.90. The van der Waals surface area contributed by atoms with Crippen molar-refractivity contribution in [2.24, 2.45) is 0 Å². The smallest absolute Gasteiger partial charge is 0.317 e. The van der Waals surface area contributed by atoms with Gasteiger partial charge in [-0.2, -0.15) is 0 Å². The number of hydrogen-bond donors (Lipinski definition) is 3. The molecule has 0 aliphatic carbocycles. The minimum absolute atomic E-state index is 0.0303. The third-order valence-electron chi connectivity index (χ3n) is 3.54. The molecule has 2 amide bonds. The maximum atomic E-state index is 12.1. The van der Waals surface area contributed by atoms with Gasteiger partial charge in [-0.05, 0) is 32.7 Å². The van der Waals surface area contributed by atoms with Crippen molar-refractivity contribution >= 4 is 22.0 Å². The first-order valence-electron chi connectivity index (χ1n) is 7.03. The summed E-state index contributed by atoms with van der Waals surface area (Å²) in [6, 6.07) is -0.410. The number of carbonyl (C=O) groups excluding carboxylic acids is 1. The molecule has 122 valence electrons. The maximum Gasteiger partial charge on any atom is 0.317 e. The lowest BCUT2D eigenvalue weighted by molar-refractivity contribution is -0.137. The second kappa shape index (κ2) is 8.18. The SMILES string of the molecule is CNS(=O)(=O)CCNC(=O)N1CCCCC1CCC(=O)O. The van der Waals surface area contributed by atoms with E-state index in [-0.39, 0.29) is 30.8 Å². The van der Waals surface area contributed by atoms with E-state index in [2.05, 4.69) is 10.0 Å². The van der Waals surface area contributed by atoms with E-state index >= 15 is 0 Å². The van der Waals surface area contributed by atoms with Crippen LogP contribution < -0.4 is 10.0 Å². The highest BCUT2D eigenvalue weighted by Crippen LogP contribution is 2.20. The Morgan fingerprint density at radius 1 is 1.33 bits per heavy atom. The van der Waals surface area contributed by atoms with Crippen molar-refractivity contribution in [2.45, 2.75) is 38.1 Å². The van der Waals surface area contributed by atoms with Crippen molar-refractivity contribution in [3.8, 4) is 0 Å². The summed E-state index contributed by atoms with van der Waals surface area (Å²) in [6.45, 7) is 0.610. The van der Waals surface area contributed by atoms with E-state index in [0.717, 1.165) is 19.3 Å². The number of amides is 2. The van der Waals surface area contributed by atoms with Crippen LogP contribution in [-0.4, -0.2) is 62.4 Å². The van der Waals surface area contributed by atoms with Gasteiger partial charge in [-0.3, -0.25) is 4.79 Å². The largest absolute Gasteiger partial charge is 0.481 e. The molecule has 0 aromatic carbocycles. The summed E-state index contributed by atoms with van der Waals surface area (Å²) >= 11 is 0. The van der Waals surface area contributed by atoms with Crippen LogP contribution >= 0.6 is 0 Å². The van der Waals surface area contributed by atoms with Gasteiger partial charge in [-0.25, -0.2) is 17.9 Å². The van der Waals surface area contributed by atoms with E-state index in [0.29, 0.717) is 13.0 Å². The second-order valence-corrected chi connectivity index (χ2v) is 7.08. The minimum Gasteiger partial charge on any atom is -0.481 e. The fourth-order valence-electron chi connectivity index (χ4n) is 2.35. The maximum absolute atomic E-state index is 12.1. The number of aliphatic carboxylic acids is 1. The topological polar surface area (TPSA) is 116 Å². The highest BCUT2D eigenvalue weighted by Gasteiger charge is 2.26. The molecule has 0 saturated carbocycles. The van der Waals surface area contributed by atoms with E-state index in [1.54, 1.807) is 4.90 Å². The molecule has 1 unspecified atom stereocenters. The monoisotopic (exact) mass is 321 g/mol. The first-order valence-corrected chi connectivity index (χ1v) is 8.68. The lowest BCUT2D eigenvalue weighted by atomic mass is 9.98. The predicted octanol–water partition coefficient (Wildman–Crippen LogP) is -0.0355. The second-order valence-electron chi connectivity index (χ2n) is 5.03. The standard InChI is InChI=1S/C12H23N3O5S/c1-13-21(19,20)9-7-14-12(18)15-8-3-2-4-10(15)5-6-11(16)17/h10,13H,2-9H2,1H3,(H,14,18)(H,16,17). The van der Waals surface area contributed by atoms with Crippen LogP contribution in [0.3, 0.4) is 0 Å². The van der Waals surface area contributed by atoms with Gasteiger partial charge in [0.2, 0.25) is 10.0 Å². The molecule has 1 rings (SSSR count). The normalized spacial score (nSPS) is 19.3. The van der Waals surface area contributed by atoms with E-state index in [4.69, 9.17) is 5.11 Å². The van der Waals surface area contributed by atoms with Crippen LogP contribution in [0.1, 0.15) is 32.1 Å². The van der Waals surface area contributed by atoms with Gasteiger partial charge in [0.25, 0.3) is 0 Å². The Hall–Kier alpha value is -1.35. The molecule has 1 fully saturated rings. The summed E-state index contributed by atoms with van der Waals surface area (Å²) in [5.41, 5.74) is 0. The van der Waals surface area contributed by atoms with E-state index in [1.165, 1.54) is 7.05 Å². The van der Waals surface area contributed by atoms with Crippen molar-refractivity contribution in [1.82, 2.24) is 14.9 Å². The highest BCUT2D eigenvalue weighted by atomic mass is 32.2. The summed E-state index contributed by atoms with van der Waals surface area (Å²) in [5.74, 6) is -1.05. The molecule has 0 spiro atoms. The molecule has 0 aromatic rings. The summed E-state index contributed by atoms with van der Waals surface area (Å²) in [6.07, 6.45) is 3.10.